The molecule has 1 aromatic heterocycles. The number of aryl methyl sites for hydroxylation is 1. The van der Waals surface area contributed by atoms with Crippen molar-refractivity contribution < 1.29 is 9.32 Å². The van der Waals surface area contributed by atoms with Gasteiger partial charge < -0.3 is 9.42 Å². The van der Waals surface area contributed by atoms with Gasteiger partial charge >= 0.3 is 0 Å². The normalized spacial score (nSPS) is 12.2. The lowest BCUT2D eigenvalue weighted by Gasteiger charge is -2.29. The first-order chi connectivity index (χ1) is 10.0. The molecule has 1 aromatic carbocycles. The smallest absolute Gasteiger partial charge is 0.292 e. The first-order valence-corrected chi connectivity index (χ1v) is 7.82. The molecule has 5 heteroatoms. The number of rotatable bonds is 5. The summed E-state index contributed by atoms with van der Waals surface area (Å²) in [5, 5.41) is 3.80. The summed E-state index contributed by atoms with van der Waals surface area (Å²) in [5.41, 5.74) is 1.79. The highest BCUT2D eigenvalue weighted by Crippen LogP contribution is 2.28. The van der Waals surface area contributed by atoms with Crippen molar-refractivity contribution in [2.75, 3.05) is 6.54 Å². The molecule has 0 N–H and O–H groups in total. The fourth-order valence-electron chi connectivity index (χ4n) is 2.30. The molecule has 0 saturated heterocycles. The van der Waals surface area contributed by atoms with Crippen molar-refractivity contribution in [3.63, 3.8) is 0 Å². The largest absolute Gasteiger partial charge is 0.351 e. The number of hydrogen-bond donors (Lipinski definition) is 0. The molecule has 0 radical (unpaired) electrons. The van der Waals surface area contributed by atoms with E-state index in [1.165, 1.54) is 0 Å². The van der Waals surface area contributed by atoms with Gasteiger partial charge in [-0.2, -0.15) is 0 Å². The number of carbonyl (C=O) groups is 1. The Morgan fingerprint density at radius 1 is 1.43 bits per heavy atom. The fraction of sp³-hybridized carbons (Fsp3) is 0.375. The van der Waals surface area contributed by atoms with E-state index in [2.05, 4.69) is 28.0 Å². The van der Waals surface area contributed by atoms with Crippen LogP contribution in [0.5, 0.6) is 0 Å². The van der Waals surface area contributed by atoms with Gasteiger partial charge in [-0.25, -0.2) is 0 Å². The van der Waals surface area contributed by atoms with Crippen LogP contribution in [0, 0.1) is 6.92 Å². The van der Waals surface area contributed by atoms with Gasteiger partial charge in [0.1, 0.15) is 0 Å². The molecule has 0 aliphatic rings. The van der Waals surface area contributed by atoms with E-state index in [9.17, 15) is 4.79 Å². The van der Waals surface area contributed by atoms with E-state index < -0.39 is 0 Å². The second-order valence-corrected chi connectivity index (χ2v) is 5.88. The number of amides is 1. The minimum atomic E-state index is -0.124. The van der Waals surface area contributed by atoms with Crippen LogP contribution in [-0.2, 0) is 0 Å². The highest BCUT2D eigenvalue weighted by atomic mass is 79.9. The third-order valence-electron chi connectivity index (χ3n) is 3.39. The minimum Gasteiger partial charge on any atom is -0.351 e. The molecule has 0 saturated carbocycles. The number of halogens is 1. The summed E-state index contributed by atoms with van der Waals surface area (Å²) >= 11 is 3.55. The van der Waals surface area contributed by atoms with Gasteiger partial charge in [0.15, 0.2) is 0 Å². The first kappa shape index (κ1) is 15.8. The SMILES string of the molecule is CCCN(C(=O)c1cc(C)no1)C(C)c1ccccc1Br. The van der Waals surface area contributed by atoms with Gasteiger partial charge in [-0.3, -0.25) is 4.79 Å². The minimum absolute atomic E-state index is 0.0431. The number of carbonyl (C=O) groups excluding carboxylic acids is 1. The maximum Gasteiger partial charge on any atom is 0.292 e. The molecule has 1 amide bonds. The summed E-state index contributed by atoms with van der Waals surface area (Å²) in [6, 6.07) is 9.58. The summed E-state index contributed by atoms with van der Waals surface area (Å²) < 4.78 is 6.12. The number of hydrogen-bond acceptors (Lipinski definition) is 3. The molecule has 0 aliphatic heterocycles. The monoisotopic (exact) mass is 350 g/mol. The van der Waals surface area contributed by atoms with Crippen molar-refractivity contribution in [1.82, 2.24) is 10.1 Å². The second kappa shape index (κ2) is 6.89. The Labute approximate surface area is 133 Å². The van der Waals surface area contributed by atoms with Crippen LogP contribution in [0.15, 0.2) is 39.3 Å². The quantitative estimate of drug-likeness (QED) is 0.804. The summed E-state index contributed by atoms with van der Waals surface area (Å²) in [7, 11) is 0. The third kappa shape index (κ3) is 3.53. The maximum absolute atomic E-state index is 12.7. The average Bonchev–Trinajstić information content (AvgIpc) is 2.90. The van der Waals surface area contributed by atoms with E-state index >= 15 is 0 Å². The number of benzene rings is 1. The Bertz CT molecular complexity index is 624. The standard InChI is InChI=1S/C16H19BrN2O2/c1-4-9-19(16(20)15-10-11(2)18-21-15)12(3)13-7-5-6-8-14(13)17/h5-8,10,12H,4,9H2,1-3H3. The molecule has 2 aromatic rings. The predicted molar refractivity (Wildman–Crippen MR) is 85.1 cm³/mol. The van der Waals surface area contributed by atoms with Gasteiger partial charge in [0.25, 0.3) is 5.91 Å². The summed E-state index contributed by atoms with van der Waals surface area (Å²) in [5.74, 6) is 0.167. The molecule has 1 atom stereocenters. The van der Waals surface area contributed by atoms with E-state index in [-0.39, 0.29) is 11.9 Å². The molecule has 0 aliphatic carbocycles. The zero-order chi connectivity index (χ0) is 15.4. The van der Waals surface area contributed by atoms with Gasteiger partial charge in [-0.1, -0.05) is 46.2 Å². The molecular weight excluding hydrogens is 332 g/mol. The van der Waals surface area contributed by atoms with Crippen LogP contribution in [0.3, 0.4) is 0 Å². The third-order valence-corrected chi connectivity index (χ3v) is 4.11. The van der Waals surface area contributed by atoms with Crippen LogP contribution >= 0.6 is 15.9 Å². The molecular formula is C16H19BrN2O2. The molecule has 1 unspecified atom stereocenters. The Balaban J connectivity index is 2.30. The van der Waals surface area contributed by atoms with Gasteiger partial charge in [0.2, 0.25) is 5.76 Å². The lowest BCUT2D eigenvalue weighted by molar-refractivity contribution is 0.0647. The average molecular weight is 351 g/mol. The van der Waals surface area contributed by atoms with Gasteiger partial charge in [-0.05, 0) is 31.9 Å². The van der Waals surface area contributed by atoms with E-state index in [0.717, 1.165) is 16.5 Å². The van der Waals surface area contributed by atoms with Crippen molar-refractivity contribution in [3.8, 4) is 0 Å². The lowest BCUT2D eigenvalue weighted by Crippen LogP contribution is -2.34. The van der Waals surface area contributed by atoms with E-state index in [1.807, 2.05) is 43.0 Å². The zero-order valence-electron chi connectivity index (χ0n) is 12.5. The van der Waals surface area contributed by atoms with Crippen molar-refractivity contribution >= 4 is 21.8 Å². The van der Waals surface area contributed by atoms with Crippen LogP contribution in [-0.4, -0.2) is 22.5 Å². The molecule has 0 fully saturated rings. The fourth-order valence-corrected chi connectivity index (χ4v) is 2.92. The van der Waals surface area contributed by atoms with Gasteiger partial charge in [-0.15, -0.1) is 0 Å². The Kier molecular flexibility index (Phi) is 5.17. The number of nitrogens with zero attached hydrogens (tertiary/aromatic N) is 2. The van der Waals surface area contributed by atoms with Crippen LogP contribution in [0.2, 0.25) is 0 Å². The van der Waals surface area contributed by atoms with Crippen molar-refractivity contribution in [3.05, 3.63) is 51.8 Å². The van der Waals surface area contributed by atoms with E-state index in [0.29, 0.717) is 18.0 Å². The zero-order valence-corrected chi connectivity index (χ0v) is 14.1. The predicted octanol–water partition coefficient (Wildman–Crippen LogP) is 4.36. The highest BCUT2D eigenvalue weighted by molar-refractivity contribution is 9.10. The molecule has 4 nitrogen and oxygen atoms in total. The van der Waals surface area contributed by atoms with E-state index in [4.69, 9.17) is 4.52 Å². The van der Waals surface area contributed by atoms with Crippen LogP contribution in [0.4, 0.5) is 0 Å². The summed E-state index contributed by atoms with van der Waals surface area (Å²) in [6.45, 7) is 6.55. The second-order valence-electron chi connectivity index (χ2n) is 5.03. The van der Waals surface area contributed by atoms with Gasteiger partial charge in [0, 0.05) is 17.1 Å². The van der Waals surface area contributed by atoms with E-state index in [1.54, 1.807) is 6.07 Å². The Morgan fingerprint density at radius 3 is 2.71 bits per heavy atom. The molecule has 1 heterocycles. The molecule has 2 rings (SSSR count). The van der Waals surface area contributed by atoms with Crippen LogP contribution < -0.4 is 0 Å². The molecule has 21 heavy (non-hydrogen) atoms. The Morgan fingerprint density at radius 2 is 2.14 bits per heavy atom. The molecule has 0 spiro atoms. The molecule has 0 bridgehead atoms. The van der Waals surface area contributed by atoms with Crippen LogP contribution in [0.1, 0.15) is 48.1 Å². The lowest BCUT2D eigenvalue weighted by atomic mass is 10.1. The van der Waals surface area contributed by atoms with Gasteiger partial charge in [0.05, 0.1) is 11.7 Å². The summed E-state index contributed by atoms with van der Waals surface area (Å²) in [4.78, 5) is 14.5. The topological polar surface area (TPSA) is 46.3 Å². The number of aromatic nitrogens is 1. The maximum atomic E-state index is 12.7. The first-order valence-electron chi connectivity index (χ1n) is 7.03. The summed E-state index contributed by atoms with van der Waals surface area (Å²) in [6.07, 6.45) is 0.883. The van der Waals surface area contributed by atoms with Crippen LogP contribution in [0.25, 0.3) is 0 Å². The van der Waals surface area contributed by atoms with Crippen molar-refractivity contribution in [1.29, 1.82) is 0 Å². The Hall–Kier alpha value is -1.62. The van der Waals surface area contributed by atoms with Crippen molar-refractivity contribution in [2.24, 2.45) is 0 Å². The molecule has 112 valence electrons. The van der Waals surface area contributed by atoms with Crippen molar-refractivity contribution in [2.45, 2.75) is 33.2 Å². The highest BCUT2D eigenvalue weighted by Gasteiger charge is 2.25.